The summed E-state index contributed by atoms with van der Waals surface area (Å²) in [5.41, 5.74) is 0.880. The van der Waals surface area contributed by atoms with E-state index in [4.69, 9.17) is 0 Å². The van der Waals surface area contributed by atoms with Crippen LogP contribution in [0.5, 0.6) is 0 Å². The predicted octanol–water partition coefficient (Wildman–Crippen LogP) is 2.74. The fourth-order valence-electron chi connectivity index (χ4n) is 2.37. The molecule has 1 aliphatic rings. The molecule has 1 fully saturated rings. The number of hydrogen-bond acceptors (Lipinski definition) is 4. The van der Waals surface area contributed by atoms with E-state index in [2.05, 4.69) is 5.32 Å². The van der Waals surface area contributed by atoms with Crippen LogP contribution in [0.15, 0.2) is 24.3 Å². The lowest BCUT2D eigenvalue weighted by molar-refractivity contribution is -0.384. The number of piperidine rings is 1. The van der Waals surface area contributed by atoms with Crippen LogP contribution < -0.4 is 5.32 Å². The van der Waals surface area contributed by atoms with Crippen molar-refractivity contribution >= 4 is 11.4 Å². The van der Waals surface area contributed by atoms with E-state index in [0.29, 0.717) is 13.1 Å². The molecule has 110 valence electrons. The number of nitrogens with one attached hydrogen (secondary N) is 1. The number of non-ortho nitro benzene ring substituents is 1. The monoisotopic (exact) mass is 285 g/mol. The molecule has 0 radical (unpaired) electrons. The molecule has 5 nitrogen and oxygen atoms in total. The first-order chi connectivity index (χ1) is 9.54. The first-order valence-corrected chi connectivity index (χ1v) is 6.56. The molecule has 1 aromatic rings. The smallest absolute Gasteiger partial charge is 0.269 e. The zero-order valence-electron chi connectivity index (χ0n) is 11.0. The molecule has 1 aromatic carbocycles. The first-order valence-electron chi connectivity index (χ1n) is 6.56. The predicted molar refractivity (Wildman–Crippen MR) is 72.2 cm³/mol. The summed E-state index contributed by atoms with van der Waals surface area (Å²) in [6.45, 7) is 1.13. The van der Waals surface area contributed by atoms with Gasteiger partial charge in [-0.15, -0.1) is 0 Å². The van der Waals surface area contributed by atoms with E-state index in [9.17, 15) is 18.9 Å². The largest absolute Gasteiger partial charge is 0.382 e. The average Bonchev–Trinajstić information content (AvgIpc) is 2.41. The Bertz CT molecular complexity index is 445. The van der Waals surface area contributed by atoms with Crippen LogP contribution in [0.2, 0.25) is 0 Å². The Kier molecular flexibility index (Phi) is 4.84. The van der Waals surface area contributed by atoms with E-state index < -0.39 is 11.3 Å². The third-order valence-corrected chi connectivity index (χ3v) is 3.43. The highest BCUT2D eigenvalue weighted by Crippen LogP contribution is 2.20. The van der Waals surface area contributed by atoms with E-state index in [0.717, 1.165) is 18.5 Å². The molecule has 1 saturated heterocycles. The Morgan fingerprint density at radius 2 is 1.90 bits per heavy atom. The Morgan fingerprint density at radius 1 is 1.30 bits per heavy atom. The molecule has 1 aliphatic heterocycles. The number of nitro benzene ring substituents is 1. The summed E-state index contributed by atoms with van der Waals surface area (Å²) in [5.74, 6) is 0. The van der Waals surface area contributed by atoms with E-state index in [1.54, 1.807) is 17.0 Å². The summed E-state index contributed by atoms with van der Waals surface area (Å²) in [5, 5.41) is 13.8. The topological polar surface area (TPSA) is 58.4 Å². The normalized spacial score (nSPS) is 17.4. The van der Waals surface area contributed by atoms with Crippen molar-refractivity contribution in [1.29, 1.82) is 0 Å². The minimum absolute atomic E-state index is 0.0577. The third-order valence-electron chi connectivity index (χ3n) is 3.43. The minimum Gasteiger partial charge on any atom is -0.382 e. The second kappa shape index (κ2) is 6.60. The fraction of sp³-hybridized carbons (Fsp3) is 0.538. The molecule has 1 N–H and O–H groups in total. The van der Waals surface area contributed by atoms with Crippen molar-refractivity contribution in [1.82, 2.24) is 4.90 Å². The molecule has 0 spiro atoms. The molecule has 0 amide bonds. The summed E-state index contributed by atoms with van der Waals surface area (Å²) in [6.07, 6.45) is -0.692. The van der Waals surface area contributed by atoms with Crippen molar-refractivity contribution in [3.63, 3.8) is 0 Å². The molecule has 0 aromatic heterocycles. The lowest BCUT2D eigenvalue weighted by Gasteiger charge is -2.32. The highest BCUT2D eigenvalue weighted by Gasteiger charge is 2.21. The van der Waals surface area contributed by atoms with E-state index >= 15 is 0 Å². The van der Waals surface area contributed by atoms with Gasteiger partial charge < -0.3 is 5.32 Å². The third kappa shape index (κ3) is 4.12. The molecule has 20 heavy (non-hydrogen) atoms. The molecule has 0 atom stereocenters. The highest BCUT2D eigenvalue weighted by atomic mass is 19.3. The van der Waals surface area contributed by atoms with Crippen molar-refractivity contribution in [2.45, 2.75) is 25.3 Å². The number of hydrogen-bond donors (Lipinski definition) is 1. The molecule has 7 heteroatoms. The van der Waals surface area contributed by atoms with Gasteiger partial charge in [0.05, 0.1) is 11.5 Å². The molecule has 0 aliphatic carbocycles. The van der Waals surface area contributed by atoms with Gasteiger partial charge in [0.2, 0.25) is 0 Å². The zero-order valence-corrected chi connectivity index (χ0v) is 11.0. The van der Waals surface area contributed by atoms with Gasteiger partial charge in [-0.2, -0.15) is 0 Å². The Balaban J connectivity index is 1.81. The summed E-state index contributed by atoms with van der Waals surface area (Å²) in [4.78, 5) is 11.9. The molecule has 0 saturated carbocycles. The maximum absolute atomic E-state index is 12.3. The Hall–Kier alpha value is -1.76. The molecule has 1 heterocycles. The standard InChI is InChI=1S/C13H17F2N3O2/c14-13(15)9-17-7-5-11(6-8-17)16-10-1-3-12(4-2-10)18(19)20/h1-4,11,13,16H,5-9H2. The van der Waals surface area contributed by atoms with Crippen LogP contribution in [0.25, 0.3) is 0 Å². The van der Waals surface area contributed by atoms with Crippen molar-refractivity contribution in [3.8, 4) is 0 Å². The lowest BCUT2D eigenvalue weighted by Crippen LogP contribution is -2.41. The van der Waals surface area contributed by atoms with Gasteiger partial charge in [-0.1, -0.05) is 0 Å². The fourth-order valence-corrected chi connectivity index (χ4v) is 2.37. The van der Waals surface area contributed by atoms with E-state index in [-0.39, 0.29) is 18.3 Å². The number of nitrogens with zero attached hydrogens (tertiary/aromatic N) is 2. The van der Waals surface area contributed by atoms with Gasteiger partial charge in [0.15, 0.2) is 0 Å². The van der Waals surface area contributed by atoms with Gasteiger partial charge in [-0.05, 0) is 25.0 Å². The highest BCUT2D eigenvalue weighted by molar-refractivity contribution is 5.49. The Labute approximate surface area is 115 Å². The molecule has 0 bridgehead atoms. The second-order valence-corrected chi connectivity index (χ2v) is 4.91. The maximum Gasteiger partial charge on any atom is 0.269 e. The first kappa shape index (κ1) is 14.6. The zero-order chi connectivity index (χ0) is 14.5. The van der Waals surface area contributed by atoms with Crippen LogP contribution in [0.3, 0.4) is 0 Å². The van der Waals surface area contributed by atoms with Crippen LogP contribution in [-0.2, 0) is 0 Å². The van der Waals surface area contributed by atoms with Gasteiger partial charge in [0.1, 0.15) is 0 Å². The number of nitro groups is 1. The number of halogens is 2. The summed E-state index contributed by atoms with van der Waals surface area (Å²) in [7, 11) is 0. The number of benzene rings is 1. The summed E-state index contributed by atoms with van der Waals surface area (Å²) < 4.78 is 24.5. The van der Waals surface area contributed by atoms with E-state index in [1.807, 2.05) is 0 Å². The number of anilines is 1. The molecular weight excluding hydrogens is 268 g/mol. The van der Waals surface area contributed by atoms with Crippen molar-refractivity contribution in [3.05, 3.63) is 34.4 Å². The quantitative estimate of drug-likeness (QED) is 0.667. The van der Waals surface area contributed by atoms with Crippen LogP contribution in [0, 0.1) is 10.1 Å². The maximum atomic E-state index is 12.3. The van der Waals surface area contributed by atoms with Gasteiger partial charge in [-0.25, -0.2) is 8.78 Å². The summed E-state index contributed by atoms with van der Waals surface area (Å²) >= 11 is 0. The number of rotatable bonds is 5. The van der Waals surface area contributed by atoms with Gasteiger partial charge >= 0.3 is 0 Å². The van der Waals surface area contributed by atoms with Crippen molar-refractivity contribution < 1.29 is 13.7 Å². The van der Waals surface area contributed by atoms with Gasteiger partial charge in [-0.3, -0.25) is 15.0 Å². The second-order valence-electron chi connectivity index (χ2n) is 4.91. The van der Waals surface area contributed by atoms with Crippen LogP contribution >= 0.6 is 0 Å². The van der Waals surface area contributed by atoms with E-state index in [1.165, 1.54) is 12.1 Å². The number of likely N-dealkylation sites (tertiary alicyclic amines) is 1. The molecule has 0 unspecified atom stereocenters. The Morgan fingerprint density at radius 3 is 2.40 bits per heavy atom. The minimum atomic E-state index is -2.28. The number of alkyl halides is 2. The van der Waals surface area contributed by atoms with Crippen LogP contribution in [0.1, 0.15) is 12.8 Å². The van der Waals surface area contributed by atoms with Crippen LogP contribution in [-0.4, -0.2) is 41.9 Å². The van der Waals surface area contributed by atoms with Gasteiger partial charge in [0.25, 0.3) is 12.1 Å². The lowest BCUT2D eigenvalue weighted by atomic mass is 10.0. The SMILES string of the molecule is O=[N+]([O-])c1ccc(NC2CCN(CC(F)F)CC2)cc1. The van der Waals surface area contributed by atoms with Crippen molar-refractivity contribution in [2.24, 2.45) is 0 Å². The van der Waals surface area contributed by atoms with Crippen LogP contribution in [0.4, 0.5) is 20.2 Å². The van der Waals surface area contributed by atoms with Crippen molar-refractivity contribution in [2.75, 3.05) is 25.0 Å². The average molecular weight is 285 g/mol. The molecule has 2 rings (SSSR count). The molecular formula is C13H17F2N3O2. The summed E-state index contributed by atoms with van der Waals surface area (Å²) in [6, 6.07) is 6.47. The van der Waals surface area contributed by atoms with Gasteiger partial charge in [0, 0.05) is 37.0 Å².